The second kappa shape index (κ2) is 4.05. The Morgan fingerprint density at radius 1 is 1.33 bits per heavy atom. The number of hydrogen-bond acceptors (Lipinski definition) is 2. The molecule has 2 rings (SSSR count). The van der Waals surface area contributed by atoms with Gasteiger partial charge in [-0.2, -0.15) is 5.26 Å². The number of nitriles is 1. The van der Waals surface area contributed by atoms with E-state index in [1.165, 1.54) is 10.6 Å². The van der Waals surface area contributed by atoms with E-state index in [2.05, 4.69) is 4.98 Å². The van der Waals surface area contributed by atoms with Crippen LogP contribution in [0.5, 0.6) is 0 Å². The van der Waals surface area contributed by atoms with Crippen molar-refractivity contribution in [1.29, 1.82) is 5.26 Å². The van der Waals surface area contributed by atoms with E-state index in [-0.39, 0.29) is 5.82 Å². The lowest BCUT2D eigenvalue weighted by atomic mass is 10.1. The monoisotopic (exact) mass is 249 g/mol. The van der Waals surface area contributed by atoms with Crippen molar-refractivity contribution in [1.82, 2.24) is 9.55 Å². The van der Waals surface area contributed by atoms with Crippen LogP contribution in [0.2, 0.25) is 0 Å². The first kappa shape index (κ1) is 12.5. The highest BCUT2D eigenvalue weighted by molar-refractivity contribution is 5.78. The van der Waals surface area contributed by atoms with Crippen molar-refractivity contribution < 1.29 is 8.78 Å². The van der Waals surface area contributed by atoms with Gasteiger partial charge in [-0.3, -0.25) is 0 Å². The summed E-state index contributed by atoms with van der Waals surface area (Å²) in [5.41, 5.74) is 0.979. The molecule has 0 aliphatic heterocycles. The molecule has 0 saturated carbocycles. The molecule has 0 radical (unpaired) electrons. The quantitative estimate of drug-likeness (QED) is 0.774. The molecule has 0 unspecified atom stereocenters. The zero-order valence-electron chi connectivity index (χ0n) is 10.4. The Morgan fingerprint density at radius 3 is 2.50 bits per heavy atom. The van der Waals surface area contributed by atoms with Gasteiger partial charge in [-0.25, -0.2) is 13.8 Å². The Hall–Kier alpha value is -1.96. The summed E-state index contributed by atoms with van der Waals surface area (Å²) in [7, 11) is 0. The van der Waals surface area contributed by atoms with E-state index in [0.29, 0.717) is 16.6 Å². The van der Waals surface area contributed by atoms with Crippen LogP contribution in [0, 0.1) is 11.3 Å². The maximum absolute atomic E-state index is 13.0. The third-order valence-electron chi connectivity index (χ3n) is 2.68. The summed E-state index contributed by atoms with van der Waals surface area (Å²) in [6, 6.07) is 6.79. The van der Waals surface area contributed by atoms with Gasteiger partial charge in [-0.1, -0.05) is 0 Å². The van der Waals surface area contributed by atoms with Crippen molar-refractivity contribution >= 4 is 11.0 Å². The smallest absolute Gasteiger partial charge is 0.295 e. The summed E-state index contributed by atoms with van der Waals surface area (Å²) in [5, 5.41) is 8.81. The van der Waals surface area contributed by atoms with Gasteiger partial charge in [0.05, 0.1) is 22.7 Å². The molecule has 3 nitrogen and oxygen atoms in total. The van der Waals surface area contributed by atoms with Crippen LogP contribution in [0.15, 0.2) is 18.2 Å². The van der Waals surface area contributed by atoms with Gasteiger partial charge >= 0.3 is 0 Å². The van der Waals surface area contributed by atoms with Crippen molar-refractivity contribution in [3.05, 3.63) is 29.6 Å². The number of imidazole rings is 1. The lowest BCUT2D eigenvalue weighted by Crippen LogP contribution is -2.24. The Morgan fingerprint density at radius 2 is 2.00 bits per heavy atom. The summed E-state index contributed by atoms with van der Waals surface area (Å²) in [4.78, 5) is 3.95. The molecule has 0 N–H and O–H groups in total. The molecule has 0 spiro atoms. The zero-order valence-corrected chi connectivity index (χ0v) is 10.4. The van der Waals surface area contributed by atoms with E-state index in [9.17, 15) is 8.78 Å². The molecule has 18 heavy (non-hydrogen) atoms. The van der Waals surface area contributed by atoms with Gasteiger partial charge in [0.1, 0.15) is 0 Å². The van der Waals surface area contributed by atoms with Crippen LogP contribution in [-0.4, -0.2) is 9.55 Å². The van der Waals surface area contributed by atoms with Crippen LogP contribution in [0.3, 0.4) is 0 Å². The lowest BCUT2D eigenvalue weighted by molar-refractivity contribution is 0.129. The van der Waals surface area contributed by atoms with E-state index < -0.39 is 12.0 Å². The van der Waals surface area contributed by atoms with Gasteiger partial charge in [0.15, 0.2) is 5.82 Å². The predicted octanol–water partition coefficient (Wildman–Crippen LogP) is 3.60. The second-order valence-corrected chi connectivity index (χ2v) is 5.09. The molecular formula is C13H13F2N3. The van der Waals surface area contributed by atoms with Crippen LogP contribution >= 0.6 is 0 Å². The SMILES string of the molecule is CC(C)(C)n1c(C(F)F)nc2cc(C#N)ccc21. The first-order valence-corrected chi connectivity index (χ1v) is 5.55. The number of alkyl halides is 2. The Kier molecular flexibility index (Phi) is 2.81. The maximum Gasteiger partial charge on any atom is 0.295 e. The van der Waals surface area contributed by atoms with Crippen molar-refractivity contribution in [2.75, 3.05) is 0 Å². The van der Waals surface area contributed by atoms with Gasteiger partial charge in [0.25, 0.3) is 6.43 Å². The molecule has 0 fully saturated rings. The number of fused-ring (bicyclic) bond motifs is 1. The van der Waals surface area contributed by atoms with Gasteiger partial charge in [-0.05, 0) is 39.0 Å². The second-order valence-electron chi connectivity index (χ2n) is 5.09. The van der Waals surface area contributed by atoms with Gasteiger partial charge < -0.3 is 4.57 Å². The highest BCUT2D eigenvalue weighted by Gasteiger charge is 2.26. The molecule has 0 atom stereocenters. The molecule has 1 aromatic carbocycles. The standard InChI is InChI=1S/C13H13F2N3/c1-13(2,3)18-10-5-4-8(7-16)6-9(10)17-12(18)11(14)15/h4-6,11H,1-3H3. The molecule has 0 aliphatic carbocycles. The number of halogens is 2. The molecule has 1 heterocycles. The summed E-state index contributed by atoms with van der Waals surface area (Å²) in [5.74, 6) is -0.257. The topological polar surface area (TPSA) is 41.6 Å². The molecule has 94 valence electrons. The molecule has 0 saturated heterocycles. The fourth-order valence-corrected chi connectivity index (χ4v) is 2.02. The minimum atomic E-state index is -2.64. The normalized spacial score (nSPS) is 12.1. The molecule has 0 amide bonds. The van der Waals surface area contributed by atoms with Crippen molar-refractivity contribution in [3.63, 3.8) is 0 Å². The molecular weight excluding hydrogens is 236 g/mol. The average Bonchev–Trinajstić information content (AvgIpc) is 2.66. The fourth-order valence-electron chi connectivity index (χ4n) is 2.02. The molecule has 0 aliphatic rings. The van der Waals surface area contributed by atoms with E-state index in [0.717, 1.165) is 0 Å². The summed E-state index contributed by atoms with van der Waals surface area (Å²) < 4.78 is 27.6. The fraction of sp³-hybridized carbons (Fsp3) is 0.385. The van der Waals surface area contributed by atoms with Gasteiger partial charge in [0, 0.05) is 5.54 Å². The van der Waals surface area contributed by atoms with Crippen LogP contribution < -0.4 is 0 Å². The number of aromatic nitrogens is 2. The highest BCUT2D eigenvalue weighted by atomic mass is 19.3. The maximum atomic E-state index is 13.0. The number of rotatable bonds is 1. The van der Waals surface area contributed by atoms with E-state index >= 15 is 0 Å². The van der Waals surface area contributed by atoms with Gasteiger partial charge in [0.2, 0.25) is 0 Å². The zero-order chi connectivity index (χ0) is 13.5. The highest BCUT2D eigenvalue weighted by Crippen LogP contribution is 2.30. The largest absolute Gasteiger partial charge is 0.318 e. The van der Waals surface area contributed by atoms with Crippen LogP contribution in [0.4, 0.5) is 8.78 Å². The Labute approximate surface area is 104 Å². The van der Waals surface area contributed by atoms with E-state index in [1.807, 2.05) is 26.8 Å². The average molecular weight is 249 g/mol. The molecule has 0 bridgehead atoms. The van der Waals surface area contributed by atoms with Crippen LogP contribution in [0.25, 0.3) is 11.0 Å². The first-order valence-electron chi connectivity index (χ1n) is 5.55. The predicted molar refractivity (Wildman–Crippen MR) is 64.4 cm³/mol. The van der Waals surface area contributed by atoms with Crippen molar-refractivity contribution in [2.24, 2.45) is 0 Å². The minimum absolute atomic E-state index is 0.257. The molecule has 2 aromatic rings. The first-order chi connectivity index (χ1) is 8.34. The Bertz CT molecular complexity index is 630. The van der Waals surface area contributed by atoms with E-state index in [4.69, 9.17) is 5.26 Å². The van der Waals surface area contributed by atoms with Gasteiger partial charge in [-0.15, -0.1) is 0 Å². The lowest BCUT2D eigenvalue weighted by Gasteiger charge is -2.24. The van der Waals surface area contributed by atoms with Crippen LogP contribution in [0.1, 0.15) is 38.6 Å². The van der Waals surface area contributed by atoms with Crippen molar-refractivity contribution in [3.8, 4) is 6.07 Å². The third kappa shape index (κ3) is 1.94. The summed E-state index contributed by atoms with van der Waals surface area (Å²) in [6.45, 7) is 5.54. The summed E-state index contributed by atoms with van der Waals surface area (Å²) in [6.07, 6.45) is -2.64. The number of benzene rings is 1. The van der Waals surface area contributed by atoms with E-state index in [1.54, 1.807) is 12.1 Å². The minimum Gasteiger partial charge on any atom is -0.318 e. The number of nitrogens with zero attached hydrogens (tertiary/aromatic N) is 3. The Balaban J connectivity index is 2.81. The van der Waals surface area contributed by atoms with Crippen LogP contribution in [-0.2, 0) is 5.54 Å². The molecule has 5 heteroatoms. The van der Waals surface area contributed by atoms with Crippen molar-refractivity contribution in [2.45, 2.75) is 32.7 Å². The summed E-state index contributed by atoms with van der Waals surface area (Å²) >= 11 is 0. The number of hydrogen-bond donors (Lipinski definition) is 0. The molecule has 1 aromatic heterocycles. The third-order valence-corrected chi connectivity index (χ3v) is 2.68.